The van der Waals surface area contributed by atoms with Crippen LogP contribution in [0.4, 0.5) is 0 Å². The third-order valence-corrected chi connectivity index (χ3v) is 5.15. The van der Waals surface area contributed by atoms with Gasteiger partial charge < -0.3 is 0 Å². The van der Waals surface area contributed by atoms with Gasteiger partial charge in [-0.2, -0.15) is 0 Å². The Bertz CT molecular complexity index is 999. The molecule has 0 atom stereocenters. The summed E-state index contributed by atoms with van der Waals surface area (Å²) in [5.41, 5.74) is 1.36. The highest BCUT2D eigenvalue weighted by atomic mass is 35.5. The lowest BCUT2D eigenvalue weighted by Crippen LogP contribution is -2.00. The van der Waals surface area contributed by atoms with Gasteiger partial charge in [0.25, 0.3) is 0 Å². The molecule has 0 saturated heterocycles. The van der Waals surface area contributed by atoms with E-state index in [1.807, 2.05) is 30.3 Å². The van der Waals surface area contributed by atoms with E-state index in [0.717, 1.165) is 5.39 Å². The highest BCUT2D eigenvalue weighted by Crippen LogP contribution is 2.34. The molecule has 1 nitrogen and oxygen atoms in total. The van der Waals surface area contributed by atoms with Crippen LogP contribution in [0.2, 0.25) is 5.02 Å². The van der Waals surface area contributed by atoms with Crippen LogP contribution in [0.1, 0.15) is 15.9 Å². The Morgan fingerprint density at radius 3 is 2.27 bits per heavy atom. The second-order valence-electron chi connectivity index (χ2n) is 5.15. The van der Waals surface area contributed by atoms with E-state index in [1.54, 1.807) is 35.6 Å². The molecule has 0 aliphatic carbocycles. The van der Waals surface area contributed by atoms with E-state index >= 15 is 0 Å². The molecule has 1 aromatic heterocycles. The van der Waals surface area contributed by atoms with E-state index in [0.29, 0.717) is 16.1 Å². The normalized spacial score (nSPS) is 11.1. The highest BCUT2D eigenvalue weighted by molar-refractivity contribution is 7.25. The van der Waals surface area contributed by atoms with Crippen molar-refractivity contribution in [1.29, 1.82) is 0 Å². The molecule has 0 aliphatic rings. The summed E-state index contributed by atoms with van der Waals surface area (Å²) in [5, 5.41) is 2.98. The fraction of sp³-hybridized carbons (Fsp3) is 0. The van der Waals surface area contributed by atoms with E-state index in [4.69, 9.17) is 11.6 Å². The summed E-state index contributed by atoms with van der Waals surface area (Å²) in [6.45, 7) is 0. The number of carbonyl (C=O) groups excluding carboxylic acids is 1. The predicted octanol–water partition coefficient (Wildman–Crippen LogP) is 5.94. The fourth-order valence-corrected chi connectivity index (χ4v) is 3.85. The topological polar surface area (TPSA) is 17.1 Å². The van der Waals surface area contributed by atoms with Gasteiger partial charge in [-0.3, -0.25) is 4.79 Å². The Kier molecular flexibility index (Phi) is 3.21. The van der Waals surface area contributed by atoms with E-state index < -0.39 is 0 Å². The smallest absolute Gasteiger partial charge is 0.193 e. The van der Waals surface area contributed by atoms with Crippen molar-refractivity contribution in [2.75, 3.05) is 0 Å². The predicted molar refractivity (Wildman–Crippen MR) is 94.2 cm³/mol. The molecule has 0 unspecified atom stereocenters. The Balaban J connectivity index is 1.86. The summed E-state index contributed by atoms with van der Waals surface area (Å²) in [6.07, 6.45) is 0. The minimum atomic E-state index is 0.0221. The Labute approximate surface area is 136 Å². The molecule has 0 bridgehead atoms. The van der Waals surface area contributed by atoms with Gasteiger partial charge >= 0.3 is 0 Å². The van der Waals surface area contributed by atoms with Crippen molar-refractivity contribution in [3.05, 3.63) is 82.9 Å². The van der Waals surface area contributed by atoms with Crippen LogP contribution in [0.25, 0.3) is 20.2 Å². The minimum Gasteiger partial charge on any atom is -0.289 e. The number of rotatable bonds is 2. The largest absolute Gasteiger partial charge is 0.289 e. The number of carbonyl (C=O) groups is 1. The lowest BCUT2D eigenvalue weighted by molar-refractivity contribution is 0.103. The molecule has 0 fully saturated rings. The van der Waals surface area contributed by atoms with Gasteiger partial charge in [0.2, 0.25) is 0 Å². The maximum absolute atomic E-state index is 12.6. The second kappa shape index (κ2) is 5.24. The highest BCUT2D eigenvalue weighted by Gasteiger charge is 2.12. The van der Waals surface area contributed by atoms with Crippen LogP contribution in [0.5, 0.6) is 0 Å². The van der Waals surface area contributed by atoms with Gasteiger partial charge in [-0.05, 0) is 48.5 Å². The summed E-state index contributed by atoms with van der Waals surface area (Å²) in [7, 11) is 0. The minimum absolute atomic E-state index is 0.0221. The molecule has 1 heterocycles. The van der Waals surface area contributed by atoms with Crippen molar-refractivity contribution < 1.29 is 4.79 Å². The SMILES string of the molecule is O=C(c1ccc(Cl)cc1)c1ccc2sc3ccccc3c2c1. The van der Waals surface area contributed by atoms with E-state index in [9.17, 15) is 4.79 Å². The number of thiophene rings is 1. The van der Waals surface area contributed by atoms with Crippen LogP contribution < -0.4 is 0 Å². The molecule has 106 valence electrons. The maximum Gasteiger partial charge on any atom is 0.193 e. The molecule has 0 aliphatic heterocycles. The molecule has 22 heavy (non-hydrogen) atoms. The first-order valence-electron chi connectivity index (χ1n) is 6.94. The molecule has 0 radical (unpaired) electrons. The Morgan fingerprint density at radius 1 is 0.773 bits per heavy atom. The zero-order chi connectivity index (χ0) is 15.1. The van der Waals surface area contributed by atoms with Gasteiger partial charge in [0.05, 0.1) is 0 Å². The summed E-state index contributed by atoms with van der Waals surface area (Å²) in [5.74, 6) is 0.0221. The van der Waals surface area contributed by atoms with Crippen molar-refractivity contribution in [2.45, 2.75) is 0 Å². The van der Waals surface area contributed by atoms with Gasteiger partial charge in [0.1, 0.15) is 0 Å². The first kappa shape index (κ1) is 13.5. The van der Waals surface area contributed by atoms with Crippen LogP contribution in [0, 0.1) is 0 Å². The standard InChI is InChI=1S/C19H11ClOS/c20-14-8-5-12(6-9-14)19(21)13-7-10-18-16(11-13)15-3-1-2-4-17(15)22-18/h1-11H. The zero-order valence-electron chi connectivity index (χ0n) is 11.5. The summed E-state index contributed by atoms with van der Waals surface area (Å²) in [4.78, 5) is 12.6. The van der Waals surface area contributed by atoms with E-state index in [1.165, 1.54) is 14.8 Å². The molecule has 0 N–H and O–H groups in total. The van der Waals surface area contributed by atoms with Gasteiger partial charge in [0, 0.05) is 36.3 Å². The molecule has 4 rings (SSSR count). The lowest BCUT2D eigenvalue weighted by Gasteiger charge is -2.02. The monoisotopic (exact) mass is 322 g/mol. The Hall–Kier alpha value is -2.16. The number of halogens is 1. The van der Waals surface area contributed by atoms with Crippen molar-refractivity contribution >= 4 is 48.9 Å². The van der Waals surface area contributed by atoms with Crippen LogP contribution in [-0.2, 0) is 0 Å². The summed E-state index contributed by atoms with van der Waals surface area (Å²) < 4.78 is 2.45. The van der Waals surface area contributed by atoms with Gasteiger partial charge in [-0.1, -0.05) is 29.8 Å². The van der Waals surface area contributed by atoms with E-state index in [-0.39, 0.29) is 5.78 Å². The van der Waals surface area contributed by atoms with Crippen LogP contribution in [0.15, 0.2) is 66.7 Å². The number of hydrogen-bond acceptors (Lipinski definition) is 2. The second-order valence-corrected chi connectivity index (χ2v) is 6.67. The molecule has 0 spiro atoms. The zero-order valence-corrected chi connectivity index (χ0v) is 13.1. The van der Waals surface area contributed by atoms with Crippen LogP contribution in [-0.4, -0.2) is 5.78 Å². The molecule has 3 heteroatoms. The third-order valence-electron chi connectivity index (χ3n) is 3.75. The van der Waals surface area contributed by atoms with Crippen molar-refractivity contribution in [1.82, 2.24) is 0 Å². The third kappa shape index (κ3) is 2.21. The first-order chi connectivity index (χ1) is 10.7. The average molecular weight is 323 g/mol. The van der Waals surface area contributed by atoms with Crippen molar-refractivity contribution in [3.8, 4) is 0 Å². The number of fused-ring (bicyclic) bond motifs is 3. The van der Waals surface area contributed by atoms with E-state index in [2.05, 4.69) is 12.1 Å². The summed E-state index contributed by atoms with van der Waals surface area (Å²) >= 11 is 7.63. The van der Waals surface area contributed by atoms with Gasteiger partial charge in [0.15, 0.2) is 5.78 Å². The quantitative estimate of drug-likeness (QED) is 0.417. The number of ketones is 1. The number of hydrogen-bond donors (Lipinski definition) is 0. The molecule has 0 saturated carbocycles. The molecule has 0 amide bonds. The van der Waals surface area contributed by atoms with Crippen LogP contribution >= 0.6 is 22.9 Å². The van der Waals surface area contributed by atoms with Gasteiger partial charge in [-0.15, -0.1) is 11.3 Å². The molecular weight excluding hydrogens is 312 g/mol. The average Bonchev–Trinajstić information content (AvgIpc) is 2.92. The van der Waals surface area contributed by atoms with Crippen molar-refractivity contribution in [2.24, 2.45) is 0 Å². The number of benzene rings is 3. The van der Waals surface area contributed by atoms with Gasteiger partial charge in [-0.25, -0.2) is 0 Å². The maximum atomic E-state index is 12.6. The van der Waals surface area contributed by atoms with Crippen LogP contribution in [0.3, 0.4) is 0 Å². The van der Waals surface area contributed by atoms with Crippen molar-refractivity contribution in [3.63, 3.8) is 0 Å². The summed E-state index contributed by atoms with van der Waals surface area (Å²) in [6, 6.07) is 21.2. The molecular formula is C19H11ClOS. The Morgan fingerprint density at radius 2 is 1.45 bits per heavy atom. The molecule has 4 aromatic rings. The lowest BCUT2D eigenvalue weighted by atomic mass is 10.0. The fourth-order valence-electron chi connectivity index (χ4n) is 2.64. The molecule has 3 aromatic carbocycles. The first-order valence-corrected chi connectivity index (χ1v) is 8.13.